The molecule has 1 aliphatic rings. The largest absolute Gasteiger partial charge is 0.241 e. The van der Waals surface area contributed by atoms with Gasteiger partial charge in [-0.1, -0.05) is 6.58 Å². The highest BCUT2D eigenvalue weighted by Gasteiger charge is 2.41. The lowest BCUT2D eigenvalue weighted by Crippen LogP contribution is -1.66. The van der Waals surface area contributed by atoms with Crippen molar-refractivity contribution in [2.75, 3.05) is 0 Å². The van der Waals surface area contributed by atoms with Crippen LogP contribution in [0.25, 0.3) is 0 Å². The summed E-state index contributed by atoms with van der Waals surface area (Å²) < 4.78 is 11.7. The van der Waals surface area contributed by atoms with E-state index >= 15 is 0 Å². The van der Waals surface area contributed by atoms with Gasteiger partial charge in [0, 0.05) is 0 Å². The van der Waals surface area contributed by atoms with Gasteiger partial charge in [0.2, 0.25) is 0 Å². The Morgan fingerprint density at radius 3 is 2.00 bits per heavy atom. The standard InChI is InChI=1S/C4H4ClF/c1-2-3(5)4(2)6/h3-4H,1H2. The Morgan fingerprint density at radius 1 is 1.83 bits per heavy atom. The van der Waals surface area contributed by atoms with Gasteiger partial charge in [-0.3, -0.25) is 0 Å². The molecule has 1 rings (SSSR count). The molecule has 2 heteroatoms. The first-order valence-electron chi connectivity index (χ1n) is 1.70. The van der Waals surface area contributed by atoms with Crippen molar-refractivity contribution in [1.82, 2.24) is 0 Å². The maximum atomic E-state index is 11.7. The maximum absolute atomic E-state index is 11.7. The topological polar surface area (TPSA) is 0 Å². The minimum atomic E-state index is -0.910. The Hall–Kier alpha value is -0.0400. The first-order chi connectivity index (χ1) is 2.73. The number of rotatable bonds is 0. The minimum absolute atomic E-state index is 0.370. The summed E-state index contributed by atoms with van der Waals surface area (Å²) in [5.41, 5.74) is 0.525. The predicted octanol–water partition coefficient (Wildman–Crippen LogP) is 1.50. The van der Waals surface area contributed by atoms with E-state index < -0.39 is 6.17 Å². The first kappa shape index (κ1) is 4.13. The zero-order valence-corrected chi connectivity index (χ0v) is 3.87. The minimum Gasteiger partial charge on any atom is -0.241 e. The summed E-state index contributed by atoms with van der Waals surface area (Å²) in [4.78, 5) is 0. The van der Waals surface area contributed by atoms with Gasteiger partial charge in [0.15, 0.2) is 0 Å². The third-order valence-corrected chi connectivity index (χ3v) is 1.36. The summed E-state index contributed by atoms with van der Waals surface area (Å²) in [6.07, 6.45) is -0.910. The van der Waals surface area contributed by atoms with E-state index in [-0.39, 0.29) is 5.38 Å². The molecule has 1 saturated carbocycles. The van der Waals surface area contributed by atoms with Crippen molar-refractivity contribution in [3.8, 4) is 0 Å². The van der Waals surface area contributed by atoms with E-state index in [0.29, 0.717) is 5.57 Å². The molecule has 0 saturated heterocycles. The van der Waals surface area contributed by atoms with Crippen LogP contribution in [0.15, 0.2) is 12.2 Å². The van der Waals surface area contributed by atoms with E-state index in [4.69, 9.17) is 11.6 Å². The Bertz CT molecular complexity index is 79.5. The molecule has 6 heavy (non-hydrogen) atoms. The summed E-state index contributed by atoms with van der Waals surface area (Å²) in [5, 5.41) is -0.370. The molecule has 1 aliphatic carbocycles. The van der Waals surface area contributed by atoms with Crippen molar-refractivity contribution in [1.29, 1.82) is 0 Å². The molecule has 0 radical (unpaired) electrons. The molecule has 2 unspecified atom stereocenters. The van der Waals surface area contributed by atoms with E-state index in [2.05, 4.69) is 6.58 Å². The quantitative estimate of drug-likeness (QED) is 0.324. The van der Waals surface area contributed by atoms with E-state index in [1.165, 1.54) is 0 Å². The van der Waals surface area contributed by atoms with Crippen LogP contribution in [0.2, 0.25) is 0 Å². The molecule has 2 atom stereocenters. The summed E-state index contributed by atoms with van der Waals surface area (Å²) in [5.74, 6) is 0. The molecule has 0 spiro atoms. The van der Waals surface area contributed by atoms with Crippen LogP contribution in [0.4, 0.5) is 4.39 Å². The Kier molecular flexibility index (Phi) is 0.667. The fourth-order valence-corrected chi connectivity index (χ4v) is 0.454. The number of alkyl halides is 2. The van der Waals surface area contributed by atoms with Crippen LogP contribution in [0.3, 0.4) is 0 Å². The van der Waals surface area contributed by atoms with Crippen molar-refractivity contribution >= 4 is 11.6 Å². The van der Waals surface area contributed by atoms with Gasteiger partial charge in [-0.05, 0) is 5.57 Å². The summed E-state index contributed by atoms with van der Waals surface area (Å²) in [6, 6.07) is 0. The van der Waals surface area contributed by atoms with Crippen molar-refractivity contribution < 1.29 is 4.39 Å². The Balaban J connectivity index is 2.51. The average Bonchev–Trinajstić information content (AvgIpc) is 1.94. The second-order valence-corrected chi connectivity index (χ2v) is 1.85. The zero-order chi connectivity index (χ0) is 4.73. The molecule has 0 nitrogen and oxygen atoms in total. The van der Waals surface area contributed by atoms with E-state index in [1.807, 2.05) is 0 Å². The number of hydrogen-bond donors (Lipinski definition) is 0. The lowest BCUT2D eigenvalue weighted by molar-refractivity contribution is 0.497. The maximum Gasteiger partial charge on any atom is 0.143 e. The molecule has 0 aliphatic heterocycles. The normalized spacial score (nSPS) is 43.3. The molecule has 0 N–H and O–H groups in total. The third-order valence-electron chi connectivity index (χ3n) is 0.856. The number of halogens is 2. The molecule has 34 valence electrons. The zero-order valence-electron chi connectivity index (χ0n) is 3.12. The van der Waals surface area contributed by atoms with Crippen LogP contribution in [-0.2, 0) is 0 Å². The highest BCUT2D eigenvalue weighted by Crippen LogP contribution is 2.36. The second kappa shape index (κ2) is 0.969. The van der Waals surface area contributed by atoms with E-state index in [9.17, 15) is 4.39 Å². The Morgan fingerprint density at radius 2 is 2.00 bits per heavy atom. The van der Waals surface area contributed by atoms with Gasteiger partial charge in [0.05, 0.1) is 5.38 Å². The van der Waals surface area contributed by atoms with Gasteiger partial charge >= 0.3 is 0 Å². The Labute approximate surface area is 40.6 Å². The van der Waals surface area contributed by atoms with E-state index in [0.717, 1.165) is 0 Å². The van der Waals surface area contributed by atoms with Crippen LogP contribution in [-0.4, -0.2) is 11.5 Å². The molecule has 0 aromatic heterocycles. The van der Waals surface area contributed by atoms with Crippen molar-refractivity contribution in [3.05, 3.63) is 12.2 Å². The summed E-state index contributed by atoms with van der Waals surface area (Å²) in [6.45, 7) is 3.32. The first-order valence-corrected chi connectivity index (χ1v) is 2.14. The highest BCUT2D eigenvalue weighted by atomic mass is 35.5. The van der Waals surface area contributed by atoms with Crippen LogP contribution in [0.1, 0.15) is 0 Å². The average molecular weight is 107 g/mol. The monoisotopic (exact) mass is 106 g/mol. The smallest absolute Gasteiger partial charge is 0.143 e. The predicted molar refractivity (Wildman–Crippen MR) is 23.7 cm³/mol. The molecule has 0 amide bonds. The molecule has 0 aromatic rings. The summed E-state index contributed by atoms with van der Waals surface area (Å²) >= 11 is 5.21. The molecule has 0 bridgehead atoms. The van der Waals surface area contributed by atoms with Crippen LogP contribution >= 0.6 is 11.6 Å². The van der Waals surface area contributed by atoms with Crippen molar-refractivity contribution in [2.45, 2.75) is 11.5 Å². The van der Waals surface area contributed by atoms with Gasteiger partial charge in [0.25, 0.3) is 0 Å². The van der Waals surface area contributed by atoms with E-state index in [1.54, 1.807) is 0 Å². The highest BCUT2D eigenvalue weighted by molar-refractivity contribution is 6.26. The molecule has 1 fully saturated rings. The summed E-state index contributed by atoms with van der Waals surface area (Å²) in [7, 11) is 0. The van der Waals surface area contributed by atoms with Gasteiger partial charge in [-0.15, -0.1) is 11.6 Å². The number of allylic oxidation sites excluding steroid dienone is 1. The third kappa shape index (κ3) is 0.350. The molecule has 0 aromatic carbocycles. The van der Waals surface area contributed by atoms with Gasteiger partial charge < -0.3 is 0 Å². The van der Waals surface area contributed by atoms with Crippen LogP contribution in [0.5, 0.6) is 0 Å². The fourth-order valence-electron chi connectivity index (χ4n) is 0.245. The molecular weight excluding hydrogens is 102 g/mol. The van der Waals surface area contributed by atoms with Gasteiger partial charge in [0.1, 0.15) is 6.17 Å². The lowest BCUT2D eigenvalue weighted by Gasteiger charge is -1.59. The van der Waals surface area contributed by atoms with Crippen LogP contribution < -0.4 is 0 Å². The second-order valence-electron chi connectivity index (χ2n) is 1.38. The molecule has 0 heterocycles. The number of hydrogen-bond acceptors (Lipinski definition) is 0. The van der Waals surface area contributed by atoms with Crippen molar-refractivity contribution in [3.63, 3.8) is 0 Å². The fraction of sp³-hybridized carbons (Fsp3) is 0.500. The van der Waals surface area contributed by atoms with Crippen molar-refractivity contribution in [2.24, 2.45) is 0 Å². The SMILES string of the molecule is C=C1C(F)C1Cl. The van der Waals surface area contributed by atoms with Gasteiger partial charge in [-0.2, -0.15) is 0 Å². The lowest BCUT2D eigenvalue weighted by atomic mass is 10.7. The van der Waals surface area contributed by atoms with Crippen LogP contribution in [0, 0.1) is 0 Å². The molecular formula is C4H4ClF. The van der Waals surface area contributed by atoms with Gasteiger partial charge in [-0.25, -0.2) is 4.39 Å².